The molecule has 3 aliphatic carbocycles. The van der Waals surface area contributed by atoms with Crippen LogP contribution in [-0.4, -0.2) is 26.2 Å². The van der Waals surface area contributed by atoms with Crippen LogP contribution in [0.15, 0.2) is 30.3 Å². The lowest BCUT2D eigenvalue weighted by atomic mass is 10.0. The van der Waals surface area contributed by atoms with Crippen molar-refractivity contribution in [1.82, 2.24) is 20.2 Å². The van der Waals surface area contributed by atoms with E-state index in [0.717, 1.165) is 35.3 Å². The highest BCUT2D eigenvalue weighted by molar-refractivity contribution is 5.41. The summed E-state index contributed by atoms with van der Waals surface area (Å²) in [6.07, 6.45) is 4.35. The fourth-order valence-electron chi connectivity index (χ4n) is 4.69. The number of benzene rings is 1. The van der Waals surface area contributed by atoms with Gasteiger partial charge >= 0.3 is 0 Å². The van der Waals surface area contributed by atoms with Gasteiger partial charge in [0.25, 0.3) is 0 Å². The van der Waals surface area contributed by atoms with Crippen molar-refractivity contribution in [2.45, 2.75) is 25.3 Å². The molecule has 3 aliphatic rings. The average Bonchev–Trinajstić information content (AvgIpc) is 2.91. The minimum Gasteiger partial charge on any atom is -0.349 e. The monoisotopic (exact) mass is 267 g/mol. The van der Waals surface area contributed by atoms with E-state index in [1.165, 1.54) is 19.3 Å². The maximum Gasteiger partial charge on any atom is 0.247 e. The maximum absolute atomic E-state index is 4.16. The number of hydrogen-bond acceptors (Lipinski definition) is 4. The molecule has 3 saturated carbocycles. The summed E-state index contributed by atoms with van der Waals surface area (Å²) in [4.78, 5) is 0. The number of hydrogen-bond donors (Lipinski definition) is 1. The highest BCUT2D eigenvalue weighted by atomic mass is 15.6. The number of nitrogens with one attached hydrogen (secondary N) is 1. The topological polar surface area (TPSA) is 55.6 Å². The van der Waals surface area contributed by atoms with Crippen LogP contribution in [0.3, 0.4) is 0 Å². The van der Waals surface area contributed by atoms with Gasteiger partial charge in [-0.15, -0.1) is 0 Å². The van der Waals surface area contributed by atoms with Crippen molar-refractivity contribution in [2.75, 3.05) is 5.32 Å². The molecule has 0 spiro atoms. The van der Waals surface area contributed by atoms with Gasteiger partial charge in [0.15, 0.2) is 0 Å². The summed E-state index contributed by atoms with van der Waals surface area (Å²) in [6.45, 7) is 0. The van der Waals surface area contributed by atoms with E-state index in [9.17, 15) is 0 Å². The minimum atomic E-state index is 0.606. The molecule has 2 aromatic rings. The van der Waals surface area contributed by atoms with Crippen LogP contribution in [0.25, 0.3) is 5.69 Å². The Hall–Kier alpha value is -1.91. The van der Waals surface area contributed by atoms with Gasteiger partial charge in [-0.2, -0.15) is 4.68 Å². The van der Waals surface area contributed by atoms with Crippen molar-refractivity contribution in [3.05, 3.63) is 30.3 Å². The third-order valence-corrected chi connectivity index (χ3v) is 5.50. The zero-order valence-corrected chi connectivity index (χ0v) is 11.2. The number of para-hydroxylation sites is 1. The van der Waals surface area contributed by atoms with Gasteiger partial charge in [0.2, 0.25) is 5.95 Å². The molecule has 1 heterocycles. The number of tetrazole rings is 1. The van der Waals surface area contributed by atoms with Gasteiger partial charge in [0, 0.05) is 6.04 Å². The van der Waals surface area contributed by atoms with Crippen molar-refractivity contribution in [1.29, 1.82) is 0 Å². The van der Waals surface area contributed by atoms with Crippen LogP contribution >= 0.6 is 0 Å². The van der Waals surface area contributed by atoms with Crippen molar-refractivity contribution in [3.63, 3.8) is 0 Å². The Morgan fingerprint density at radius 1 is 1.05 bits per heavy atom. The first-order valence-electron chi connectivity index (χ1n) is 7.52. The Morgan fingerprint density at radius 3 is 2.55 bits per heavy atom. The predicted octanol–water partition coefficient (Wildman–Crippen LogP) is 2.12. The molecule has 0 saturated heterocycles. The molecule has 0 aliphatic heterocycles. The molecule has 20 heavy (non-hydrogen) atoms. The van der Waals surface area contributed by atoms with E-state index in [2.05, 4.69) is 20.8 Å². The molecular formula is C15H17N5. The Labute approximate surface area is 117 Å². The fourth-order valence-corrected chi connectivity index (χ4v) is 4.69. The number of rotatable bonds is 3. The summed E-state index contributed by atoms with van der Waals surface area (Å²) in [5, 5.41) is 15.7. The fraction of sp³-hybridized carbons (Fsp3) is 0.533. The maximum atomic E-state index is 4.16. The molecule has 2 bridgehead atoms. The van der Waals surface area contributed by atoms with Gasteiger partial charge in [-0.05, 0) is 65.5 Å². The van der Waals surface area contributed by atoms with Gasteiger partial charge in [0.05, 0.1) is 5.69 Å². The van der Waals surface area contributed by atoms with Crippen LogP contribution in [-0.2, 0) is 0 Å². The Bertz CT molecular complexity index is 621. The molecule has 102 valence electrons. The summed E-state index contributed by atoms with van der Waals surface area (Å²) in [5.74, 6) is 4.48. The molecule has 5 heteroatoms. The minimum absolute atomic E-state index is 0.606. The van der Waals surface area contributed by atoms with Crippen LogP contribution in [0.4, 0.5) is 5.95 Å². The second kappa shape index (κ2) is 3.81. The van der Waals surface area contributed by atoms with Gasteiger partial charge in [-0.25, -0.2) is 0 Å². The van der Waals surface area contributed by atoms with E-state index in [-0.39, 0.29) is 0 Å². The second-order valence-corrected chi connectivity index (χ2v) is 6.41. The zero-order valence-electron chi connectivity index (χ0n) is 11.2. The third kappa shape index (κ3) is 1.40. The van der Waals surface area contributed by atoms with Crippen molar-refractivity contribution in [2.24, 2.45) is 23.7 Å². The number of anilines is 1. The second-order valence-electron chi connectivity index (χ2n) is 6.41. The van der Waals surface area contributed by atoms with Crippen LogP contribution < -0.4 is 5.32 Å². The summed E-state index contributed by atoms with van der Waals surface area (Å²) in [5.41, 5.74) is 1.01. The number of fused-ring (bicyclic) bond motifs is 5. The van der Waals surface area contributed by atoms with Gasteiger partial charge in [0.1, 0.15) is 0 Å². The lowest BCUT2D eigenvalue weighted by molar-refractivity contribution is 0.456. The predicted molar refractivity (Wildman–Crippen MR) is 74.4 cm³/mol. The highest BCUT2D eigenvalue weighted by Crippen LogP contribution is 2.66. The molecule has 4 atom stereocenters. The molecule has 1 N–H and O–H groups in total. The molecule has 5 rings (SSSR count). The lowest BCUT2D eigenvalue weighted by Crippen LogP contribution is -2.16. The van der Waals surface area contributed by atoms with E-state index in [1.54, 1.807) is 4.68 Å². The molecular weight excluding hydrogens is 250 g/mol. The molecule has 4 unspecified atom stereocenters. The first-order chi connectivity index (χ1) is 9.92. The summed E-state index contributed by atoms with van der Waals surface area (Å²) in [6, 6.07) is 10.7. The molecule has 1 aromatic carbocycles. The van der Waals surface area contributed by atoms with E-state index >= 15 is 0 Å². The van der Waals surface area contributed by atoms with Gasteiger partial charge in [-0.1, -0.05) is 23.3 Å². The van der Waals surface area contributed by atoms with E-state index in [4.69, 9.17) is 0 Å². The molecule has 3 fully saturated rings. The first kappa shape index (κ1) is 10.8. The van der Waals surface area contributed by atoms with Crippen molar-refractivity contribution < 1.29 is 0 Å². The van der Waals surface area contributed by atoms with Crippen molar-refractivity contribution in [3.8, 4) is 5.69 Å². The quantitative estimate of drug-likeness (QED) is 0.925. The SMILES string of the molecule is c1ccc(-n2nnnc2NC2C3C4CCC(C4)C23)cc1. The number of aromatic nitrogens is 4. The normalized spacial score (nSPS) is 36.9. The Balaban J connectivity index is 1.40. The van der Waals surface area contributed by atoms with E-state index in [1.807, 2.05) is 30.3 Å². The van der Waals surface area contributed by atoms with Crippen LogP contribution in [0.5, 0.6) is 0 Å². The van der Waals surface area contributed by atoms with Crippen LogP contribution in [0, 0.1) is 23.7 Å². The Morgan fingerprint density at radius 2 is 1.80 bits per heavy atom. The standard InChI is InChI=1S/C15H17N5/c1-2-4-11(5-3-1)20-15(17-18-19-20)16-14-12-9-6-7-10(8-9)13(12)14/h1-5,9-10,12-14H,6-8H2,(H,16,17,19). The average molecular weight is 267 g/mol. The van der Waals surface area contributed by atoms with Crippen molar-refractivity contribution >= 4 is 5.95 Å². The smallest absolute Gasteiger partial charge is 0.247 e. The molecule has 0 radical (unpaired) electrons. The highest BCUT2D eigenvalue weighted by Gasteiger charge is 2.65. The molecule has 1 aromatic heterocycles. The Kier molecular flexibility index (Phi) is 2.06. The van der Waals surface area contributed by atoms with E-state index in [0.29, 0.717) is 6.04 Å². The first-order valence-corrected chi connectivity index (χ1v) is 7.52. The molecule has 5 nitrogen and oxygen atoms in total. The third-order valence-electron chi connectivity index (χ3n) is 5.50. The van der Waals surface area contributed by atoms with Crippen LogP contribution in [0.1, 0.15) is 19.3 Å². The molecule has 0 amide bonds. The zero-order chi connectivity index (χ0) is 13.1. The lowest BCUT2D eigenvalue weighted by Gasteiger charge is -2.11. The van der Waals surface area contributed by atoms with Crippen LogP contribution in [0.2, 0.25) is 0 Å². The summed E-state index contributed by atoms with van der Waals surface area (Å²) >= 11 is 0. The summed E-state index contributed by atoms with van der Waals surface area (Å²) < 4.78 is 1.80. The van der Waals surface area contributed by atoms with Gasteiger partial charge in [-0.3, -0.25) is 0 Å². The van der Waals surface area contributed by atoms with E-state index < -0.39 is 0 Å². The summed E-state index contributed by atoms with van der Waals surface area (Å²) in [7, 11) is 0. The number of nitrogens with zero attached hydrogens (tertiary/aromatic N) is 4. The largest absolute Gasteiger partial charge is 0.349 e. The van der Waals surface area contributed by atoms with Gasteiger partial charge < -0.3 is 5.32 Å².